The van der Waals surface area contributed by atoms with Crippen molar-refractivity contribution in [1.82, 2.24) is 19.5 Å². The lowest BCUT2D eigenvalue weighted by Gasteiger charge is -2.16. The average molecular weight is 673 g/mol. The Hall–Kier alpha value is -7.17. The summed E-state index contributed by atoms with van der Waals surface area (Å²) in [5, 5.41) is 15.4. The first-order valence-electron chi connectivity index (χ1n) is 18.0. The maximum absolute atomic E-state index is 5.11. The van der Waals surface area contributed by atoms with Crippen LogP contribution in [0.1, 0.15) is 0 Å². The number of fused-ring (bicyclic) bond motifs is 5. The highest BCUT2D eigenvalue weighted by atomic mass is 15.0. The highest BCUT2D eigenvalue weighted by Gasteiger charge is 2.25. The lowest BCUT2D eigenvalue weighted by Crippen LogP contribution is -2.01. The van der Waals surface area contributed by atoms with Crippen LogP contribution >= 0.6 is 0 Å². The predicted molar refractivity (Wildman–Crippen MR) is 220 cm³/mol. The Kier molecular flexibility index (Phi) is 5.74. The minimum absolute atomic E-state index is 0.651. The molecule has 4 nitrogen and oxygen atoms in total. The van der Waals surface area contributed by atoms with E-state index in [1.165, 1.54) is 64.9 Å². The quantitative estimate of drug-likeness (QED) is 0.138. The maximum Gasteiger partial charge on any atom is 0.164 e. The first-order valence-corrected chi connectivity index (χ1v) is 18.0. The molecule has 12 aromatic rings. The van der Waals surface area contributed by atoms with Crippen LogP contribution in [-0.2, 0) is 0 Å². The fraction of sp³-hybridized carbons (Fsp3) is 0. The minimum Gasteiger partial charge on any atom is -0.309 e. The molecule has 0 atom stereocenters. The van der Waals surface area contributed by atoms with Gasteiger partial charge in [0.15, 0.2) is 17.5 Å². The molecule has 0 saturated heterocycles. The number of benzene rings is 10. The van der Waals surface area contributed by atoms with Crippen molar-refractivity contribution in [2.45, 2.75) is 0 Å². The van der Waals surface area contributed by atoms with Crippen molar-refractivity contribution in [1.29, 1.82) is 0 Å². The van der Waals surface area contributed by atoms with E-state index in [4.69, 9.17) is 15.0 Å². The van der Waals surface area contributed by atoms with Gasteiger partial charge in [-0.2, -0.15) is 0 Å². The van der Waals surface area contributed by atoms with E-state index in [1.54, 1.807) is 0 Å². The number of nitrogens with zero attached hydrogens (tertiary/aromatic N) is 4. The zero-order valence-electron chi connectivity index (χ0n) is 28.5. The van der Waals surface area contributed by atoms with Gasteiger partial charge in [0.2, 0.25) is 0 Å². The molecule has 4 heteroatoms. The summed E-state index contributed by atoms with van der Waals surface area (Å²) >= 11 is 0. The zero-order chi connectivity index (χ0) is 34.6. The van der Waals surface area contributed by atoms with Gasteiger partial charge in [0, 0.05) is 38.2 Å². The van der Waals surface area contributed by atoms with Gasteiger partial charge in [-0.1, -0.05) is 146 Å². The van der Waals surface area contributed by atoms with Gasteiger partial charge >= 0.3 is 0 Å². The Morgan fingerprint density at radius 2 is 0.774 bits per heavy atom. The topological polar surface area (TPSA) is 43.6 Å². The summed E-state index contributed by atoms with van der Waals surface area (Å²) in [6.07, 6.45) is 0. The molecular formula is C49H28N4. The van der Waals surface area contributed by atoms with E-state index in [0.717, 1.165) is 33.2 Å². The van der Waals surface area contributed by atoms with Crippen LogP contribution in [0.3, 0.4) is 0 Å². The minimum atomic E-state index is 0.651. The lowest BCUT2D eigenvalue weighted by atomic mass is 9.86. The van der Waals surface area contributed by atoms with Gasteiger partial charge in [-0.25, -0.2) is 15.0 Å². The fourth-order valence-corrected chi connectivity index (χ4v) is 8.94. The Labute approximate surface area is 303 Å². The SMILES string of the molecule is c1ccc(-c2nc(-c3ccccc3)nc(-c3ccc(-n4c5cccc6c7cccc8c9ccccc9c9ccc4c(c9c87)c65)c4ccccc34)n2)cc1. The van der Waals surface area contributed by atoms with Crippen molar-refractivity contribution >= 4 is 75.7 Å². The van der Waals surface area contributed by atoms with Crippen molar-refractivity contribution in [2.24, 2.45) is 0 Å². The van der Waals surface area contributed by atoms with Gasteiger partial charge in [0.1, 0.15) is 0 Å². The summed E-state index contributed by atoms with van der Waals surface area (Å²) in [5.74, 6) is 1.96. The van der Waals surface area contributed by atoms with Gasteiger partial charge in [0.25, 0.3) is 0 Å². The molecule has 0 fully saturated rings. The molecule has 2 heterocycles. The summed E-state index contributed by atoms with van der Waals surface area (Å²) in [6.45, 7) is 0. The Morgan fingerprint density at radius 1 is 0.283 bits per heavy atom. The van der Waals surface area contributed by atoms with Gasteiger partial charge in [0.05, 0.1) is 16.7 Å². The molecule has 0 unspecified atom stereocenters. The lowest BCUT2D eigenvalue weighted by molar-refractivity contribution is 1.08. The standard InChI is InChI=1S/C49H28N4/c1-3-13-29(14-4-1)47-50-48(30-15-5-2-6-16-30)52-49(51-47)39-26-27-40(34-20-10-9-19-33(34)39)53-41-24-12-23-37-36-22-11-21-35-31-17-7-8-18-32(31)38-25-28-42(53)46(44(37)41)45(38)43(35)36/h1-28H. The molecule has 0 bridgehead atoms. The van der Waals surface area contributed by atoms with Crippen molar-refractivity contribution < 1.29 is 0 Å². The van der Waals surface area contributed by atoms with Crippen LogP contribution in [0.2, 0.25) is 0 Å². The molecule has 0 aliphatic heterocycles. The number of aromatic nitrogens is 4. The maximum atomic E-state index is 5.11. The monoisotopic (exact) mass is 672 g/mol. The van der Waals surface area contributed by atoms with E-state index >= 15 is 0 Å². The largest absolute Gasteiger partial charge is 0.309 e. The second kappa shape index (κ2) is 10.7. The van der Waals surface area contributed by atoms with Crippen molar-refractivity contribution in [2.75, 3.05) is 0 Å². The first-order chi connectivity index (χ1) is 26.3. The summed E-state index contributed by atoms with van der Waals surface area (Å²) in [6, 6.07) is 60.6. The molecule has 0 N–H and O–H groups in total. The summed E-state index contributed by atoms with van der Waals surface area (Å²) < 4.78 is 2.48. The van der Waals surface area contributed by atoms with Crippen LogP contribution in [0.4, 0.5) is 0 Å². The van der Waals surface area contributed by atoms with Crippen LogP contribution in [0.25, 0.3) is 116 Å². The second-order valence-electron chi connectivity index (χ2n) is 13.9. The zero-order valence-corrected chi connectivity index (χ0v) is 28.5. The van der Waals surface area contributed by atoms with Crippen LogP contribution in [0.5, 0.6) is 0 Å². The van der Waals surface area contributed by atoms with Gasteiger partial charge in [-0.05, 0) is 67.4 Å². The fourth-order valence-electron chi connectivity index (χ4n) is 8.94. The highest BCUT2D eigenvalue weighted by molar-refractivity contribution is 6.44. The summed E-state index contributed by atoms with van der Waals surface area (Å²) in [7, 11) is 0. The number of rotatable bonds is 4. The third-order valence-electron chi connectivity index (χ3n) is 11.2. The molecule has 0 spiro atoms. The molecule has 0 saturated carbocycles. The van der Waals surface area contributed by atoms with Crippen LogP contribution in [0, 0.1) is 0 Å². The van der Waals surface area contributed by atoms with Gasteiger partial charge in [-0.3, -0.25) is 0 Å². The molecule has 0 aliphatic carbocycles. The van der Waals surface area contributed by atoms with Crippen molar-refractivity contribution in [3.8, 4) is 39.9 Å². The number of hydrogen-bond donors (Lipinski definition) is 0. The highest BCUT2D eigenvalue weighted by Crippen LogP contribution is 2.50. The Morgan fingerprint density at radius 3 is 1.45 bits per heavy atom. The van der Waals surface area contributed by atoms with Gasteiger partial charge < -0.3 is 4.57 Å². The van der Waals surface area contributed by atoms with E-state index in [2.05, 4.69) is 138 Å². The third-order valence-corrected chi connectivity index (χ3v) is 11.2. The first kappa shape index (κ1) is 28.5. The van der Waals surface area contributed by atoms with Crippen LogP contribution < -0.4 is 0 Å². The molecular weight excluding hydrogens is 645 g/mol. The smallest absolute Gasteiger partial charge is 0.164 e. The molecule has 244 valence electrons. The molecule has 0 radical (unpaired) electrons. The Balaban J connectivity index is 1.16. The van der Waals surface area contributed by atoms with Gasteiger partial charge in [-0.15, -0.1) is 0 Å². The van der Waals surface area contributed by atoms with E-state index < -0.39 is 0 Å². The Bertz CT molecular complexity index is 3320. The molecule has 0 amide bonds. The van der Waals surface area contributed by atoms with Crippen molar-refractivity contribution in [3.63, 3.8) is 0 Å². The third kappa shape index (κ3) is 3.92. The molecule has 53 heavy (non-hydrogen) atoms. The predicted octanol–water partition coefficient (Wildman–Crippen LogP) is 12.6. The van der Waals surface area contributed by atoms with Crippen LogP contribution in [-0.4, -0.2) is 19.5 Å². The number of hydrogen-bond acceptors (Lipinski definition) is 3. The molecule has 0 aliphatic rings. The van der Waals surface area contributed by atoms with Crippen molar-refractivity contribution in [3.05, 3.63) is 170 Å². The van der Waals surface area contributed by atoms with Crippen LogP contribution in [0.15, 0.2) is 170 Å². The molecule has 2 aromatic heterocycles. The average Bonchev–Trinajstić information content (AvgIpc) is 3.58. The summed E-state index contributed by atoms with van der Waals surface area (Å²) in [4.78, 5) is 15.2. The normalized spacial score (nSPS) is 12.2. The van der Waals surface area contributed by atoms with E-state index in [-0.39, 0.29) is 0 Å². The van der Waals surface area contributed by atoms with E-state index in [1.807, 2.05) is 36.4 Å². The molecule has 12 rings (SSSR count). The second-order valence-corrected chi connectivity index (χ2v) is 13.9. The van der Waals surface area contributed by atoms with E-state index in [9.17, 15) is 0 Å². The summed E-state index contributed by atoms with van der Waals surface area (Å²) in [5.41, 5.74) is 6.42. The van der Waals surface area contributed by atoms with E-state index in [0.29, 0.717) is 17.5 Å². The molecule has 10 aromatic carbocycles.